The third-order valence-electron chi connectivity index (χ3n) is 4.57. The number of amides is 1. The Morgan fingerprint density at radius 2 is 1.83 bits per heavy atom. The highest BCUT2D eigenvalue weighted by molar-refractivity contribution is 7.89. The number of anilines is 1. The van der Waals surface area contributed by atoms with Crippen LogP contribution in [-0.4, -0.2) is 30.8 Å². The number of rotatable bonds is 6. The molecule has 0 fully saturated rings. The van der Waals surface area contributed by atoms with E-state index in [4.69, 9.17) is 4.52 Å². The van der Waals surface area contributed by atoms with E-state index < -0.39 is 10.0 Å². The number of benzene rings is 2. The van der Waals surface area contributed by atoms with Gasteiger partial charge in [-0.2, -0.15) is 4.31 Å². The van der Waals surface area contributed by atoms with Gasteiger partial charge >= 0.3 is 0 Å². The molecule has 29 heavy (non-hydrogen) atoms. The van der Waals surface area contributed by atoms with Crippen LogP contribution in [0.3, 0.4) is 0 Å². The van der Waals surface area contributed by atoms with Crippen molar-refractivity contribution in [1.29, 1.82) is 0 Å². The van der Waals surface area contributed by atoms with E-state index in [1.807, 2.05) is 30.3 Å². The van der Waals surface area contributed by atoms with Crippen LogP contribution < -0.4 is 5.32 Å². The van der Waals surface area contributed by atoms with Gasteiger partial charge in [0.05, 0.1) is 16.2 Å². The van der Waals surface area contributed by atoms with Gasteiger partial charge in [0.15, 0.2) is 0 Å². The van der Waals surface area contributed by atoms with Gasteiger partial charge in [-0.15, -0.1) is 0 Å². The number of hydrogen-bond donors (Lipinski definition) is 1. The second-order valence-electron chi connectivity index (χ2n) is 6.88. The average molecular weight is 413 g/mol. The summed E-state index contributed by atoms with van der Waals surface area (Å²) in [6.07, 6.45) is 0. The largest absolute Gasteiger partial charge is 0.337 e. The number of aromatic nitrogens is 1. The van der Waals surface area contributed by atoms with E-state index >= 15 is 0 Å². The average Bonchev–Trinajstić information content (AvgIpc) is 3.02. The quantitative estimate of drug-likeness (QED) is 0.665. The topological polar surface area (TPSA) is 92.5 Å². The molecule has 0 saturated carbocycles. The number of sulfonamides is 1. The normalized spacial score (nSPS) is 11.6. The lowest BCUT2D eigenvalue weighted by Crippen LogP contribution is -2.27. The molecule has 3 aromatic rings. The number of nitrogens with zero attached hydrogens (tertiary/aromatic N) is 2. The van der Waals surface area contributed by atoms with Gasteiger partial charge in [-0.05, 0) is 36.6 Å². The molecule has 1 N–H and O–H groups in total. The zero-order valence-corrected chi connectivity index (χ0v) is 17.6. The number of nitrogens with one attached hydrogen (secondary N) is 1. The van der Waals surface area contributed by atoms with Crippen molar-refractivity contribution in [3.63, 3.8) is 0 Å². The van der Waals surface area contributed by atoms with Gasteiger partial charge in [-0.3, -0.25) is 10.1 Å². The minimum atomic E-state index is -3.74. The van der Waals surface area contributed by atoms with Crippen molar-refractivity contribution >= 4 is 21.8 Å². The Morgan fingerprint density at radius 1 is 1.14 bits per heavy atom. The van der Waals surface area contributed by atoms with Crippen molar-refractivity contribution < 1.29 is 17.7 Å². The summed E-state index contributed by atoms with van der Waals surface area (Å²) in [4.78, 5) is 11.6. The molecule has 1 aromatic heterocycles. The molecule has 7 nitrogen and oxygen atoms in total. The molecule has 0 saturated heterocycles. The SMILES string of the molecule is CC(=O)Nc1onc(C)c1-c1ccc(C)c(S(=O)(=O)N(C)Cc2ccccc2)c1. The van der Waals surface area contributed by atoms with Crippen molar-refractivity contribution in [1.82, 2.24) is 9.46 Å². The molecular formula is C21H23N3O4S. The van der Waals surface area contributed by atoms with E-state index in [1.54, 1.807) is 39.1 Å². The molecule has 0 aliphatic carbocycles. The lowest BCUT2D eigenvalue weighted by atomic mass is 10.0. The summed E-state index contributed by atoms with van der Waals surface area (Å²) >= 11 is 0. The first-order chi connectivity index (χ1) is 13.7. The van der Waals surface area contributed by atoms with E-state index in [0.717, 1.165) is 5.56 Å². The monoisotopic (exact) mass is 413 g/mol. The zero-order valence-electron chi connectivity index (χ0n) is 16.8. The molecule has 0 atom stereocenters. The zero-order chi connectivity index (χ0) is 21.2. The van der Waals surface area contributed by atoms with Gasteiger partial charge in [0.1, 0.15) is 0 Å². The fourth-order valence-electron chi connectivity index (χ4n) is 3.08. The highest BCUT2D eigenvalue weighted by atomic mass is 32.2. The standard InChI is InChI=1S/C21H23N3O4S/c1-14-10-11-18(20-15(2)23-28-21(20)22-16(3)25)12-19(14)29(26,27)24(4)13-17-8-6-5-7-9-17/h5-12H,13H2,1-4H3,(H,22,25). The van der Waals surface area contributed by atoms with E-state index in [-0.39, 0.29) is 23.2 Å². The van der Waals surface area contributed by atoms with Crippen molar-refractivity contribution in [2.45, 2.75) is 32.2 Å². The first kappa shape index (κ1) is 20.8. The molecule has 2 aromatic carbocycles. The smallest absolute Gasteiger partial charge is 0.243 e. The molecule has 1 heterocycles. The Labute approximate surface area is 170 Å². The van der Waals surface area contributed by atoms with E-state index in [0.29, 0.717) is 22.4 Å². The van der Waals surface area contributed by atoms with E-state index in [9.17, 15) is 13.2 Å². The molecular weight excluding hydrogens is 390 g/mol. The minimum Gasteiger partial charge on any atom is -0.337 e. The molecule has 0 aliphatic heterocycles. The molecule has 0 aliphatic rings. The second-order valence-corrected chi connectivity index (χ2v) is 8.89. The minimum absolute atomic E-state index is 0.194. The molecule has 0 bridgehead atoms. The maximum atomic E-state index is 13.2. The van der Waals surface area contributed by atoms with Crippen LogP contribution in [0.15, 0.2) is 57.9 Å². The van der Waals surface area contributed by atoms with Gasteiger partial charge < -0.3 is 4.52 Å². The fourth-order valence-corrected chi connectivity index (χ4v) is 4.49. The summed E-state index contributed by atoms with van der Waals surface area (Å²) in [5.41, 5.74) is 3.24. The number of carbonyl (C=O) groups excluding carboxylic acids is 1. The lowest BCUT2D eigenvalue weighted by molar-refractivity contribution is -0.114. The predicted octanol–water partition coefficient (Wildman–Crippen LogP) is 3.74. The molecule has 1 amide bonds. The third-order valence-corrected chi connectivity index (χ3v) is 6.51. The van der Waals surface area contributed by atoms with Gasteiger partial charge in [-0.1, -0.05) is 47.6 Å². The number of hydrogen-bond acceptors (Lipinski definition) is 5. The molecule has 0 radical (unpaired) electrons. The summed E-state index contributed by atoms with van der Waals surface area (Å²) in [7, 11) is -2.18. The number of aryl methyl sites for hydroxylation is 2. The Balaban J connectivity index is 2.01. The third kappa shape index (κ3) is 4.38. The van der Waals surface area contributed by atoms with Crippen LogP contribution in [0.2, 0.25) is 0 Å². The van der Waals surface area contributed by atoms with Crippen LogP contribution in [0, 0.1) is 13.8 Å². The van der Waals surface area contributed by atoms with Crippen LogP contribution in [0.4, 0.5) is 5.88 Å². The van der Waals surface area contributed by atoms with Crippen LogP contribution in [0.25, 0.3) is 11.1 Å². The first-order valence-corrected chi connectivity index (χ1v) is 10.5. The summed E-state index contributed by atoms with van der Waals surface area (Å²) in [6, 6.07) is 14.5. The Morgan fingerprint density at radius 3 is 2.48 bits per heavy atom. The maximum absolute atomic E-state index is 13.2. The van der Waals surface area contributed by atoms with Crippen molar-refractivity contribution in [2.75, 3.05) is 12.4 Å². The summed E-state index contributed by atoms with van der Waals surface area (Å²) in [5.74, 6) is -0.107. The van der Waals surface area contributed by atoms with Crippen LogP contribution >= 0.6 is 0 Å². The molecule has 8 heteroatoms. The van der Waals surface area contributed by atoms with Gasteiger partial charge in [-0.25, -0.2) is 8.42 Å². The van der Waals surface area contributed by atoms with Crippen LogP contribution in [-0.2, 0) is 21.4 Å². The maximum Gasteiger partial charge on any atom is 0.243 e. The number of carbonyl (C=O) groups is 1. The lowest BCUT2D eigenvalue weighted by Gasteiger charge is -2.19. The van der Waals surface area contributed by atoms with Gasteiger partial charge in [0.25, 0.3) is 0 Å². The summed E-state index contributed by atoms with van der Waals surface area (Å²) in [6.45, 7) is 5.11. The van der Waals surface area contributed by atoms with Crippen molar-refractivity contribution in [3.8, 4) is 11.1 Å². The molecule has 3 rings (SSSR count). The molecule has 152 valence electrons. The highest BCUT2D eigenvalue weighted by Gasteiger charge is 2.25. The highest BCUT2D eigenvalue weighted by Crippen LogP contribution is 2.34. The van der Waals surface area contributed by atoms with E-state index in [1.165, 1.54) is 11.2 Å². The van der Waals surface area contributed by atoms with Crippen LogP contribution in [0.5, 0.6) is 0 Å². The van der Waals surface area contributed by atoms with Gasteiger partial charge in [0.2, 0.25) is 21.8 Å². The molecule has 0 spiro atoms. The Kier molecular flexibility index (Phi) is 5.86. The summed E-state index contributed by atoms with van der Waals surface area (Å²) < 4.78 is 33.0. The predicted molar refractivity (Wildman–Crippen MR) is 111 cm³/mol. The fraction of sp³-hybridized carbons (Fsp3) is 0.238. The van der Waals surface area contributed by atoms with Gasteiger partial charge in [0, 0.05) is 20.5 Å². The van der Waals surface area contributed by atoms with E-state index in [2.05, 4.69) is 10.5 Å². The first-order valence-electron chi connectivity index (χ1n) is 9.05. The Bertz CT molecular complexity index is 1140. The second kappa shape index (κ2) is 8.18. The summed E-state index contributed by atoms with van der Waals surface area (Å²) in [5, 5.41) is 6.49. The molecule has 0 unspecified atom stereocenters. The van der Waals surface area contributed by atoms with Crippen molar-refractivity contribution in [3.05, 3.63) is 65.4 Å². The Hall–Kier alpha value is -2.97. The van der Waals surface area contributed by atoms with Crippen LogP contribution in [0.1, 0.15) is 23.7 Å². The van der Waals surface area contributed by atoms with Crippen molar-refractivity contribution in [2.24, 2.45) is 0 Å².